The number of alkyl halides is 3. The highest BCUT2D eigenvalue weighted by Gasteiger charge is 2.50. The molecular weight excluding hydrogens is 603 g/mol. The molecule has 4 fully saturated rings. The van der Waals surface area contributed by atoms with E-state index < -0.39 is 12.1 Å². The minimum Gasteiger partial charge on any atom is -0.475 e. The number of carbonyl (C=O) groups excluding carboxylic acids is 2. The number of nitrogens with zero attached hydrogens (tertiary/aromatic N) is 5. The number of halogens is 3. The Kier molecular flexibility index (Phi) is 12.3. The molecule has 4 aliphatic rings. The van der Waals surface area contributed by atoms with Crippen molar-refractivity contribution >= 4 is 18.0 Å². The molecular formula is C33H50F3N5O5. The molecule has 1 saturated carbocycles. The maximum Gasteiger partial charge on any atom is 0.490 e. The van der Waals surface area contributed by atoms with Gasteiger partial charge in [0, 0.05) is 64.1 Å². The number of hydrogen-bond donors (Lipinski definition) is 1. The first-order valence-electron chi connectivity index (χ1n) is 16.9. The molecule has 1 aliphatic carbocycles. The largest absolute Gasteiger partial charge is 0.490 e. The molecule has 2 amide bonds. The number of carbonyl (C=O) groups is 3. The van der Waals surface area contributed by atoms with Crippen LogP contribution < -0.4 is 0 Å². The Morgan fingerprint density at radius 1 is 1.00 bits per heavy atom. The van der Waals surface area contributed by atoms with E-state index in [-0.39, 0.29) is 17.6 Å². The molecule has 0 bridgehead atoms. The number of aromatic nitrogens is 2. The summed E-state index contributed by atoms with van der Waals surface area (Å²) in [7, 11) is 0. The molecule has 1 aromatic rings. The minimum absolute atomic E-state index is 0.0623. The quantitative estimate of drug-likeness (QED) is 0.381. The SMILES string of the molecule is CCCCC1CN(CC2CCCCC2)C(=O)OC12CCN(C1CCN(C(=O)c3c(C)ncnc3C)CC1)CC2.O=C(O)C(F)(F)F. The summed E-state index contributed by atoms with van der Waals surface area (Å²) in [6, 6.07) is 0.483. The van der Waals surface area contributed by atoms with Crippen LogP contribution in [0.2, 0.25) is 0 Å². The van der Waals surface area contributed by atoms with Gasteiger partial charge in [-0.25, -0.2) is 19.6 Å². The van der Waals surface area contributed by atoms with E-state index in [4.69, 9.17) is 14.6 Å². The number of hydrogen-bond acceptors (Lipinski definition) is 7. The first kappa shape index (κ1) is 35.9. The third-order valence-corrected chi connectivity index (χ3v) is 10.4. The van der Waals surface area contributed by atoms with Gasteiger partial charge in [-0.2, -0.15) is 13.2 Å². The number of rotatable bonds is 7. The fourth-order valence-electron chi connectivity index (χ4n) is 7.74. The minimum atomic E-state index is -5.08. The molecule has 46 heavy (non-hydrogen) atoms. The van der Waals surface area contributed by atoms with Crippen LogP contribution in [0.25, 0.3) is 0 Å². The number of piperidine rings is 2. The molecule has 258 valence electrons. The molecule has 1 N–H and O–H groups in total. The van der Waals surface area contributed by atoms with Crippen molar-refractivity contribution < 1.29 is 37.4 Å². The molecule has 10 nitrogen and oxygen atoms in total. The number of likely N-dealkylation sites (tertiary alicyclic amines) is 2. The van der Waals surface area contributed by atoms with E-state index in [1.165, 1.54) is 51.3 Å². The second kappa shape index (κ2) is 15.8. The van der Waals surface area contributed by atoms with Crippen LogP contribution in [0.15, 0.2) is 6.33 Å². The van der Waals surface area contributed by atoms with Crippen molar-refractivity contribution in [2.75, 3.05) is 39.3 Å². The number of unbranched alkanes of at least 4 members (excludes halogenated alkanes) is 1. The third kappa shape index (κ3) is 8.89. The number of aryl methyl sites for hydroxylation is 2. The van der Waals surface area contributed by atoms with Crippen molar-refractivity contribution in [3.8, 4) is 0 Å². The molecule has 1 unspecified atom stereocenters. The van der Waals surface area contributed by atoms with Gasteiger partial charge in [0.1, 0.15) is 11.9 Å². The molecule has 1 aromatic heterocycles. The maximum absolute atomic E-state index is 13.3. The molecule has 1 spiro atoms. The topological polar surface area (TPSA) is 116 Å². The summed E-state index contributed by atoms with van der Waals surface area (Å²) >= 11 is 0. The van der Waals surface area contributed by atoms with Gasteiger partial charge in [0.05, 0.1) is 17.0 Å². The molecule has 3 aliphatic heterocycles. The molecule has 4 heterocycles. The van der Waals surface area contributed by atoms with Crippen LogP contribution in [0, 0.1) is 25.7 Å². The molecule has 3 saturated heterocycles. The van der Waals surface area contributed by atoms with E-state index in [2.05, 4.69) is 26.7 Å². The zero-order chi connectivity index (χ0) is 33.5. The first-order chi connectivity index (χ1) is 21.8. The van der Waals surface area contributed by atoms with Gasteiger partial charge in [-0.05, 0) is 51.9 Å². The molecule has 0 radical (unpaired) electrons. The predicted octanol–water partition coefficient (Wildman–Crippen LogP) is 6.00. The van der Waals surface area contributed by atoms with E-state index in [9.17, 15) is 22.8 Å². The van der Waals surface area contributed by atoms with Gasteiger partial charge in [0.2, 0.25) is 0 Å². The summed E-state index contributed by atoms with van der Waals surface area (Å²) in [4.78, 5) is 50.5. The highest BCUT2D eigenvalue weighted by molar-refractivity contribution is 5.96. The number of carboxylic acid groups (broad SMARTS) is 1. The normalized spacial score (nSPS) is 23.1. The lowest BCUT2D eigenvalue weighted by Crippen LogP contribution is -2.61. The van der Waals surface area contributed by atoms with Crippen molar-refractivity contribution in [3.63, 3.8) is 0 Å². The lowest BCUT2D eigenvalue weighted by Gasteiger charge is -2.52. The average Bonchev–Trinajstić information content (AvgIpc) is 3.02. The van der Waals surface area contributed by atoms with Gasteiger partial charge in [-0.1, -0.05) is 39.0 Å². The van der Waals surface area contributed by atoms with Crippen molar-refractivity contribution in [1.82, 2.24) is 24.7 Å². The average molecular weight is 654 g/mol. The molecule has 1 atom stereocenters. The molecule has 5 rings (SSSR count). The van der Waals surface area contributed by atoms with E-state index in [0.29, 0.717) is 23.4 Å². The van der Waals surface area contributed by atoms with Crippen LogP contribution in [-0.2, 0) is 9.53 Å². The summed E-state index contributed by atoms with van der Waals surface area (Å²) < 4.78 is 38.2. The van der Waals surface area contributed by atoms with Crippen molar-refractivity contribution in [1.29, 1.82) is 0 Å². The third-order valence-electron chi connectivity index (χ3n) is 10.4. The van der Waals surface area contributed by atoms with Crippen LogP contribution in [-0.4, -0.2) is 105 Å². The monoisotopic (exact) mass is 653 g/mol. The van der Waals surface area contributed by atoms with E-state index >= 15 is 0 Å². The maximum atomic E-state index is 13.3. The summed E-state index contributed by atoms with van der Waals surface area (Å²) in [6.07, 6.45) is 10.2. The summed E-state index contributed by atoms with van der Waals surface area (Å²) in [5.41, 5.74) is 1.87. The first-order valence-corrected chi connectivity index (χ1v) is 16.9. The van der Waals surface area contributed by atoms with Gasteiger partial charge in [-0.15, -0.1) is 0 Å². The number of carboxylic acids is 1. The second-order valence-corrected chi connectivity index (χ2v) is 13.5. The van der Waals surface area contributed by atoms with Gasteiger partial charge in [-0.3, -0.25) is 9.69 Å². The fraction of sp³-hybridized carbons (Fsp3) is 0.788. The highest BCUT2D eigenvalue weighted by atomic mass is 19.4. The van der Waals surface area contributed by atoms with Crippen LogP contribution in [0.5, 0.6) is 0 Å². The zero-order valence-electron chi connectivity index (χ0n) is 27.5. The van der Waals surface area contributed by atoms with Crippen molar-refractivity contribution in [2.45, 2.75) is 116 Å². The summed E-state index contributed by atoms with van der Waals surface area (Å²) in [5, 5.41) is 7.12. The van der Waals surface area contributed by atoms with Gasteiger partial charge >= 0.3 is 18.2 Å². The fourth-order valence-corrected chi connectivity index (χ4v) is 7.74. The highest BCUT2D eigenvalue weighted by Crippen LogP contribution is 2.42. The van der Waals surface area contributed by atoms with Crippen LogP contribution in [0.4, 0.5) is 18.0 Å². The van der Waals surface area contributed by atoms with E-state index in [1.807, 2.05) is 18.7 Å². The van der Waals surface area contributed by atoms with Crippen LogP contribution in [0.1, 0.15) is 106 Å². The van der Waals surface area contributed by atoms with E-state index in [0.717, 1.165) is 82.8 Å². The Bertz CT molecular complexity index is 1170. The lowest BCUT2D eigenvalue weighted by atomic mass is 9.75. The smallest absolute Gasteiger partial charge is 0.475 e. The number of ether oxygens (including phenoxy) is 1. The lowest BCUT2D eigenvalue weighted by molar-refractivity contribution is -0.192. The summed E-state index contributed by atoms with van der Waals surface area (Å²) in [5.74, 6) is -1.62. The van der Waals surface area contributed by atoms with Crippen LogP contribution >= 0.6 is 0 Å². The Morgan fingerprint density at radius 2 is 1.59 bits per heavy atom. The van der Waals surface area contributed by atoms with Crippen LogP contribution in [0.3, 0.4) is 0 Å². The van der Waals surface area contributed by atoms with Gasteiger partial charge in [0.25, 0.3) is 5.91 Å². The Balaban J connectivity index is 0.000000617. The Labute approximate surface area is 270 Å². The number of aliphatic carboxylic acids is 1. The van der Waals surface area contributed by atoms with E-state index in [1.54, 1.807) is 0 Å². The second-order valence-electron chi connectivity index (χ2n) is 13.5. The van der Waals surface area contributed by atoms with Gasteiger partial charge in [0.15, 0.2) is 0 Å². The predicted molar refractivity (Wildman–Crippen MR) is 165 cm³/mol. The number of amides is 2. The molecule has 0 aromatic carbocycles. The molecule has 13 heteroatoms. The zero-order valence-corrected chi connectivity index (χ0v) is 27.5. The van der Waals surface area contributed by atoms with Crippen molar-refractivity contribution in [3.05, 3.63) is 23.3 Å². The standard InChI is InChI=1S/C31H49N5O3.C2HF3O2/c1-4-5-11-26-21-36(20-25-9-7-6-8-10-25)30(38)39-31(26)14-18-34(19-15-31)27-12-16-35(17-13-27)29(37)28-23(2)32-22-33-24(28)3;3-2(4,5)1(6)7/h22,25-27H,4-21H2,1-3H3;(H,6,7). The summed E-state index contributed by atoms with van der Waals surface area (Å²) in [6.45, 7) is 11.3. The Morgan fingerprint density at radius 3 is 2.13 bits per heavy atom. The Hall–Kier alpha value is -2.96. The van der Waals surface area contributed by atoms with Crippen molar-refractivity contribution in [2.24, 2.45) is 11.8 Å². The van der Waals surface area contributed by atoms with Gasteiger partial charge < -0.3 is 19.6 Å².